The molecule has 0 aliphatic carbocycles. The number of benzene rings is 1. The third-order valence-corrected chi connectivity index (χ3v) is 4.50. The normalized spacial score (nSPS) is 24.3. The van der Waals surface area contributed by atoms with E-state index in [2.05, 4.69) is 23.2 Å². The molecule has 1 atom stereocenters. The lowest BCUT2D eigenvalue weighted by molar-refractivity contribution is -0.133. The van der Waals surface area contributed by atoms with Crippen LogP contribution in [0.5, 0.6) is 11.5 Å². The molecule has 1 aromatic rings. The molecule has 0 radical (unpaired) electrons. The van der Waals surface area contributed by atoms with Gasteiger partial charge in [0.15, 0.2) is 11.5 Å². The molecule has 3 rings (SSSR count). The average molecular weight is 304 g/mol. The van der Waals surface area contributed by atoms with Gasteiger partial charge in [0.2, 0.25) is 12.7 Å². The summed E-state index contributed by atoms with van der Waals surface area (Å²) in [5, 5.41) is 2.97. The number of piperidine rings is 1. The van der Waals surface area contributed by atoms with Crippen molar-refractivity contribution in [2.24, 2.45) is 5.41 Å². The molecule has 2 aliphatic rings. The molecule has 1 fully saturated rings. The van der Waals surface area contributed by atoms with Crippen LogP contribution in [-0.4, -0.2) is 37.2 Å². The van der Waals surface area contributed by atoms with Crippen molar-refractivity contribution >= 4 is 5.91 Å². The first-order chi connectivity index (χ1) is 10.6. The van der Waals surface area contributed by atoms with E-state index in [1.165, 1.54) is 5.56 Å². The lowest BCUT2D eigenvalue weighted by atomic mass is 9.81. The second-order valence-electron chi connectivity index (χ2n) is 6.42. The fourth-order valence-electron chi connectivity index (χ4n) is 3.34. The number of ether oxygens (including phenoxy) is 2. The monoisotopic (exact) mass is 304 g/mol. The quantitative estimate of drug-likeness (QED) is 0.926. The smallest absolute Gasteiger partial charge is 0.231 e. The Morgan fingerprint density at radius 2 is 2.18 bits per heavy atom. The van der Waals surface area contributed by atoms with E-state index in [0.717, 1.165) is 44.0 Å². The van der Waals surface area contributed by atoms with Crippen molar-refractivity contribution < 1.29 is 14.3 Å². The maximum Gasteiger partial charge on any atom is 0.231 e. The first-order valence-electron chi connectivity index (χ1n) is 8.00. The van der Waals surface area contributed by atoms with Gasteiger partial charge in [0.25, 0.3) is 0 Å². The summed E-state index contributed by atoms with van der Waals surface area (Å²) in [7, 11) is 0. The Hall–Kier alpha value is -1.75. The summed E-state index contributed by atoms with van der Waals surface area (Å²) < 4.78 is 10.8. The minimum atomic E-state index is -0.287. The van der Waals surface area contributed by atoms with Gasteiger partial charge < -0.3 is 14.8 Å². The highest BCUT2D eigenvalue weighted by molar-refractivity contribution is 5.82. The van der Waals surface area contributed by atoms with Crippen LogP contribution in [0.2, 0.25) is 0 Å². The van der Waals surface area contributed by atoms with E-state index < -0.39 is 0 Å². The summed E-state index contributed by atoms with van der Waals surface area (Å²) in [5.74, 6) is 1.81. The van der Waals surface area contributed by atoms with Crippen LogP contribution in [0.3, 0.4) is 0 Å². The maximum atomic E-state index is 12.3. The van der Waals surface area contributed by atoms with Gasteiger partial charge in [-0.3, -0.25) is 9.69 Å². The Morgan fingerprint density at radius 1 is 1.36 bits per heavy atom. The molecule has 5 nitrogen and oxygen atoms in total. The summed E-state index contributed by atoms with van der Waals surface area (Å²) in [6, 6.07) is 6.08. The Labute approximate surface area is 131 Å². The SMILES string of the molecule is CCNC(=O)C1(C)CCCN(Cc2ccc3c(c2)OCO3)C1. The second kappa shape index (κ2) is 6.16. The molecule has 0 bridgehead atoms. The van der Waals surface area contributed by atoms with Crippen LogP contribution in [0.4, 0.5) is 0 Å². The Balaban J connectivity index is 1.66. The van der Waals surface area contributed by atoms with Crippen LogP contribution in [0.25, 0.3) is 0 Å². The molecule has 1 unspecified atom stereocenters. The molecule has 5 heteroatoms. The highest BCUT2D eigenvalue weighted by Crippen LogP contribution is 2.34. The topological polar surface area (TPSA) is 50.8 Å². The number of nitrogens with one attached hydrogen (secondary N) is 1. The molecule has 22 heavy (non-hydrogen) atoms. The minimum absolute atomic E-state index is 0.172. The number of rotatable bonds is 4. The number of fused-ring (bicyclic) bond motifs is 1. The summed E-state index contributed by atoms with van der Waals surface area (Å²) in [6.07, 6.45) is 2.01. The summed E-state index contributed by atoms with van der Waals surface area (Å²) in [6.45, 7) is 7.70. The van der Waals surface area contributed by atoms with Crippen LogP contribution < -0.4 is 14.8 Å². The second-order valence-corrected chi connectivity index (χ2v) is 6.42. The largest absolute Gasteiger partial charge is 0.454 e. The molecule has 1 saturated heterocycles. The van der Waals surface area contributed by atoms with Gasteiger partial charge >= 0.3 is 0 Å². The molecule has 1 amide bonds. The van der Waals surface area contributed by atoms with E-state index in [1.54, 1.807) is 0 Å². The van der Waals surface area contributed by atoms with Crippen LogP contribution in [0.1, 0.15) is 32.3 Å². The van der Waals surface area contributed by atoms with Crippen LogP contribution >= 0.6 is 0 Å². The molecule has 2 aliphatic heterocycles. The Morgan fingerprint density at radius 3 is 3.00 bits per heavy atom. The van der Waals surface area contributed by atoms with Crippen molar-refractivity contribution in [1.29, 1.82) is 0 Å². The van der Waals surface area contributed by atoms with Gasteiger partial charge in [-0.2, -0.15) is 0 Å². The van der Waals surface area contributed by atoms with Crippen molar-refractivity contribution in [3.05, 3.63) is 23.8 Å². The summed E-state index contributed by atoms with van der Waals surface area (Å²) >= 11 is 0. The number of amides is 1. The van der Waals surface area contributed by atoms with Gasteiger partial charge in [-0.15, -0.1) is 0 Å². The molecule has 2 heterocycles. The zero-order chi connectivity index (χ0) is 15.6. The van der Waals surface area contributed by atoms with E-state index in [-0.39, 0.29) is 11.3 Å². The zero-order valence-corrected chi connectivity index (χ0v) is 13.4. The van der Waals surface area contributed by atoms with Crippen LogP contribution in [0, 0.1) is 5.41 Å². The Bertz CT molecular complexity index is 561. The lowest BCUT2D eigenvalue weighted by Crippen LogP contribution is -2.50. The molecule has 0 spiro atoms. The van der Waals surface area contributed by atoms with Gasteiger partial charge in [-0.05, 0) is 50.9 Å². The molecule has 1 N–H and O–H groups in total. The van der Waals surface area contributed by atoms with Crippen molar-refractivity contribution in [3.8, 4) is 11.5 Å². The first-order valence-corrected chi connectivity index (χ1v) is 8.00. The van der Waals surface area contributed by atoms with E-state index >= 15 is 0 Å². The van der Waals surface area contributed by atoms with E-state index in [9.17, 15) is 4.79 Å². The third kappa shape index (κ3) is 3.04. The van der Waals surface area contributed by atoms with Gasteiger partial charge in [0.05, 0.1) is 5.41 Å². The number of hydrogen-bond acceptors (Lipinski definition) is 4. The highest BCUT2D eigenvalue weighted by atomic mass is 16.7. The van der Waals surface area contributed by atoms with Gasteiger partial charge in [-0.25, -0.2) is 0 Å². The van der Waals surface area contributed by atoms with Gasteiger partial charge in [0.1, 0.15) is 0 Å². The van der Waals surface area contributed by atoms with Gasteiger partial charge in [-0.1, -0.05) is 6.07 Å². The summed E-state index contributed by atoms with van der Waals surface area (Å²) in [4.78, 5) is 14.7. The van der Waals surface area contributed by atoms with Crippen molar-refractivity contribution in [2.75, 3.05) is 26.4 Å². The molecular formula is C17H24N2O3. The predicted molar refractivity (Wildman–Crippen MR) is 83.9 cm³/mol. The maximum absolute atomic E-state index is 12.3. The number of carbonyl (C=O) groups excluding carboxylic acids is 1. The standard InChI is InChI=1S/C17H24N2O3/c1-3-18-16(20)17(2)7-4-8-19(11-17)10-13-5-6-14-15(9-13)22-12-21-14/h5-6,9H,3-4,7-8,10-12H2,1-2H3,(H,18,20). The number of carbonyl (C=O) groups is 1. The first kappa shape index (κ1) is 15.2. The molecular weight excluding hydrogens is 280 g/mol. The third-order valence-electron chi connectivity index (χ3n) is 4.50. The molecule has 120 valence electrons. The van der Waals surface area contributed by atoms with E-state index in [4.69, 9.17) is 9.47 Å². The van der Waals surface area contributed by atoms with Gasteiger partial charge in [0, 0.05) is 19.6 Å². The Kier molecular flexibility index (Phi) is 4.25. The number of hydrogen-bond donors (Lipinski definition) is 1. The molecule has 0 aromatic heterocycles. The van der Waals surface area contributed by atoms with E-state index in [0.29, 0.717) is 13.3 Å². The van der Waals surface area contributed by atoms with Crippen molar-refractivity contribution in [3.63, 3.8) is 0 Å². The fourth-order valence-corrected chi connectivity index (χ4v) is 3.34. The fraction of sp³-hybridized carbons (Fsp3) is 0.588. The number of likely N-dealkylation sites (tertiary alicyclic amines) is 1. The molecule has 1 aromatic carbocycles. The zero-order valence-electron chi connectivity index (χ0n) is 13.4. The minimum Gasteiger partial charge on any atom is -0.454 e. The van der Waals surface area contributed by atoms with Crippen molar-refractivity contribution in [1.82, 2.24) is 10.2 Å². The van der Waals surface area contributed by atoms with E-state index in [1.807, 2.05) is 19.1 Å². The van der Waals surface area contributed by atoms with Crippen LogP contribution in [0.15, 0.2) is 18.2 Å². The predicted octanol–water partition coefficient (Wildman–Crippen LogP) is 2.15. The number of nitrogens with zero attached hydrogens (tertiary/aromatic N) is 1. The summed E-state index contributed by atoms with van der Waals surface area (Å²) in [5.41, 5.74) is 0.911. The average Bonchev–Trinajstić information content (AvgIpc) is 2.95. The van der Waals surface area contributed by atoms with Crippen LogP contribution in [-0.2, 0) is 11.3 Å². The highest BCUT2D eigenvalue weighted by Gasteiger charge is 2.37. The van der Waals surface area contributed by atoms with Crippen molar-refractivity contribution in [2.45, 2.75) is 33.2 Å². The molecule has 0 saturated carbocycles. The lowest BCUT2D eigenvalue weighted by Gasteiger charge is -2.39.